The van der Waals surface area contributed by atoms with E-state index in [4.69, 9.17) is 0 Å². The lowest BCUT2D eigenvalue weighted by molar-refractivity contribution is -0.125. The highest BCUT2D eigenvalue weighted by Crippen LogP contribution is 2.22. The van der Waals surface area contributed by atoms with Crippen LogP contribution >= 0.6 is 11.8 Å². The van der Waals surface area contributed by atoms with Crippen LogP contribution in [0.2, 0.25) is 0 Å². The lowest BCUT2D eigenvalue weighted by atomic mass is 10.2. The van der Waals surface area contributed by atoms with Crippen molar-refractivity contribution in [1.82, 2.24) is 10.2 Å². The van der Waals surface area contributed by atoms with Gasteiger partial charge in [0.1, 0.15) is 0 Å². The van der Waals surface area contributed by atoms with Gasteiger partial charge in [0.15, 0.2) is 0 Å². The van der Waals surface area contributed by atoms with E-state index in [0.717, 1.165) is 4.90 Å². The van der Waals surface area contributed by atoms with Gasteiger partial charge in [-0.25, -0.2) is 0 Å². The standard InChI is InChI=1S/C14H18N2O2S/c1-4-9-15-14(18)11-7-5-6-8-12(11)19-10-13(17)16(2)3/h4-8H,1,9-10H2,2-3H3,(H,15,18). The van der Waals surface area contributed by atoms with Crippen molar-refractivity contribution in [2.75, 3.05) is 26.4 Å². The molecular formula is C14H18N2O2S. The molecule has 4 nitrogen and oxygen atoms in total. The van der Waals surface area contributed by atoms with E-state index in [0.29, 0.717) is 17.9 Å². The van der Waals surface area contributed by atoms with E-state index < -0.39 is 0 Å². The minimum Gasteiger partial charge on any atom is -0.349 e. The summed E-state index contributed by atoms with van der Waals surface area (Å²) in [5, 5.41) is 2.73. The smallest absolute Gasteiger partial charge is 0.252 e. The van der Waals surface area contributed by atoms with E-state index in [9.17, 15) is 9.59 Å². The normalized spacial score (nSPS) is 9.79. The van der Waals surface area contributed by atoms with Gasteiger partial charge in [0.05, 0.1) is 11.3 Å². The van der Waals surface area contributed by atoms with Crippen LogP contribution in [0.3, 0.4) is 0 Å². The molecule has 1 N–H and O–H groups in total. The zero-order valence-electron chi connectivity index (χ0n) is 11.2. The van der Waals surface area contributed by atoms with Crippen molar-refractivity contribution in [2.24, 2.45) is 0 Å². The molecule has 0 unspecified atom stereocenters. The van der Waals surface area contributed by atoms with Crippen molar-refractivity contribution < 1.29 is 9.59 Å². The van der Waals surface area contributed by atoms with Crippen molar-refractivity contribution in [1.29, 1.82) is 0 Å². The summed E-state index contributed by atoms with van der Waals surface area (Å²) in [6.45, 7) is 3.98. The highest BCUT2D eigenvalue weighted by atomic mass is 32.2. The summed E-state index contributed by atoms with van der Waals surface area (Å²) in [5.74, 6) is 0.185. The van der Waals surface area contributed by atoms with Crippen molar-refractivity contribution in [3.05, 3.63) is 42.5 Å². The predicted octanol–water partition coefficient (Wildman–Crippen LogP) is 1.78. The number of carbonyl (C=O) groups is 2. The summed E-state index contributed by atoms with van der Waals surface area (Å²) in [6, 6.07) is 7.25. The van der Waals surface area contributed by atoms with Gasteiger partial charge in [-0.2, -0.15) is 0 Å². The summed E-state index contributed by atoms with van der Waals surface area (Å²) in [6.07, 6.45) is 1.63. The van der Waals surface area contributed by atoms with Crippen molar-refractivity contribution in [2.45, 2.75) is 4.90 Å². The Labute approximate surface area is 117 Å². The summed E-state index contributed by atoms with van der Waals surface area (Å²) in [7, 11) is 3.43. The largest absolute Gasteiger partial charge is 0.349 e. The molecule has 1 rings (SSSR count). The monoisotopic (exact) mass is 278 g/mol. The highest BCUT2D eigenvalue weighted by molar-refractivity contribution is 8.00. The number of hydrogen-bond donors (Lipinski definition) is 1. The molecule has 1 aromatic rings. The molecule has 2 amide bonds. The molecule has 0 bridgehead atoms. The molecule has 0 atom stereocenters. The van der Waals surface area contributed by atoms with E-state index in [1.807, 2.05) is 12.1 Å². The quantitative estimate of drug-likeness (QED) is 0.637. The zero-order valence-corrected chi connectivity index (χ0v) is 12.0. The molecule has 0 spiro atoms. The second-order valence-electron chi connectivity index (χ2n) is 4.07. The lowest BCUT2D eigenvalue weighted by Gasteiger charge is -2.11. The Bertz CT molecular complexity index is 472. The summed E-state index contributed by atoms with van der Waals surface area (Å²) in [5.41, 5.74) is 0.584. The van der Waals surface area contributed by atoms with Crippen LogP contribution in [0.15, 0.2) is 41.8 Å². The van der Waals surface area contributed by atoms with Crippen LogP contribution in [0.4, 0.5) is 0 Å². The van der Waals surface area contributed by atoms with Crippen LogP contribution in [-0.4, -0.2) is 43.1 Å². The van der Waals surface area contributed by atoms with Crippen LogP contribution in [-0.2, 0) is 4.79 Å². The maximum absolute atomic E-state index is 11.9. The molecule has 0 saturated heterocycles. The number of nitrogens with zero attached hydrogens (tertiary/aromatic N) is 1. The fourth-order valence-electron chi connectivity index (χ4n) is 1.31. The lowest BCUT2D eigenvalue weighted by Crippen LogP contribution is -2.25. The second kappa shape index (κ2) is 7.63. The topological polar surface area (TPSA) is 49.4 Å². The van der Waals surface area contributed by atoms with E-state index in [-0.39, 0.29) is 11.8 Å². The molecule has 0 aliphatic rings. The third-order valence-corrected chi connectivity index (χ3v) is 3.45. The third kappa shape index (κ3) is 4.79. The van der Waals surface area contributed by atoms with E-state index in [1.165, 1.54) is 16.7 Å². The van der Waals surface area contributed by atoms with Crippen molar-refractivity contribution in [3.8, 4) is 0 Å². The van der Waals surface area contributed by atoms with Gasteiger partial charge in [-0.05, 0) is 12.1 Å². The van der Waals surface area contributed by atoms with Crippen molar-refractivity contribution in [3.63, 3.8) is 0 Å². The number of hydrogen-bond acceptors (Lipinski definition) is 3. The molecule has 102 valence electrons. The van der Waals surface area contributed by atoms with Gasteiger partial charge < -0.3 is 10.2 Å². The van der Waals surface area contributed by atoms with Crippen LogP contribution < -0.4 is 5.32 Å². The Morgan fingerprint density at radius 2 is 2.05 bits per heavy atom. The molecule has 0 radical (unpaired) electrons. The Morgan fingerprint density at radius 1 is 1.37 bits per heavy atom. The average molecular weight is 278 g/mol. The van der Waals surface area contributed by atoms with Crippen LogP contribution in [0.5, 0.6) is 0 Å². The van der Waals surface area contributed by atoms with E-state index >= 15 is 0 Å². The van der Waals surface area contributed by atoms with Gasteiger partial charge in [-0.3, -0.25) is 9.59 Å². The number of benzene rings is 1. The maximum atomic E-state index is 11.9. The van der Waals surface area contributed by atoms with Crippen LogP contribution in [0.25, 0.3) is 0 Å². The molecule has 0 fully saturated rings. The molecule has 19 heavy (non-hydrogen) atoms. The van der Waals surface area contributed by atoms with Gasteiger partial charge in [-0.1, -0.05) is 18.2 Å². The average Bonchev–Trinajstić information content (AvgIpc) is 2.42. The van der Waals surface area contributed by atoms with Gasteiger partial charge in [-0.15, -0.1) is 18.3 Å². The molecule has 0 heterocycles. The van der Waals surface area contributed by atoms with Crippen LogP contribution in [0, 0.1) is 0 Å². The van der Waals surface area contributed by atoms with Gasteiger partial charge >= 0.3 is 0 Å². The molecule has 1 aromatic carbocycles. The minimum atomic E-state index is -0.152. The molecule has 0 aromatic heterocycles. The Kier molecular flexibility index (Phi) is 6.15. The van der Waals surface area contributed by atoms with Crippen LogP contribution in [0.1, 0.15) is 10.4 Å². The SMILES string of the molecule is C=CCNC(=O)c1ccccc1SCC(=O)N(C)C. The van der Waals surface area contributed by atoms with Gasteiger partial charge in [0.2, 0.25) is 5.91 Å². The predicted molar refractivity (Wildman–Crippen MR) is 78.4 cm³/mol. The first kappa shape index (κ1) is 15.3. The van der Waals surface area contributed by atoms with Gasteiger partial charge in [0, 0.05) is 25.5 Å². The number of rotatable bonds is 6. The first-order valence-electron chi connectivity index (χ1n) is 5.87. The Morgan fingerprint density at radius 3 is 2.68 bits per heavy atom. The summed E-state index contributed by atoms with van der Waals surface area (Å²) < 4.78 is 0. The second-order valence-corrected chi connectivity index (χ2v) is 5.09. The number of carbonyl (C=O) groups excluding carboxylic acids is 2. The maximum Gasteiger partial charge on any atom is 0.252 e. The molecule has 5 heteroatoms. The Hall–Kier alpha value is -1.75. The molecule has 0 aliphatic heterocycles. The molecule has 0 saturated carbocycles. The first-order chi connectivity index (χ1) is 9.06. The molecule has 0 aliphatic carbocycles. The highest BCUT2D eigenvalue weighted by Gasteiger charge is 2.12. The number of thioether (sulfide) groups is 1. The fraction of sp³-hybridized carbons (Fsp3) is 0.286. The number of nitrogens with one attached hydrogen (secondary N) is 1. The van der Waals surface area contributed by atoms with E-state index in [2.05, 4.69) is 11.9 Å². The number of amides is 2. The Balaban J connectivity index is 2.75. The fourth-order valence-corrected chi connectivity index (χ4v) is 2.34. The van der Waals surface area contributed by atoms with Crippen molar-refractivity contribution >= 4 is 23.6 Å². The summed E-state index contributed by atoms with van der Waals surface area (Å²) in [4.78, 5) is 25.8. The summed E-state index contributed by atoms with van der Waals surface area (Å²) >= 11 is 1.37. The van der Waals surface area contributed by atoms with Gasteiger partial charge in [0.25, 0.3) is 5.91 Å². The minimum absolute atomic E-state index is 0.0197. The van der Waals surface area contributed by atoms with E-state index in [1.54, 1.807) is 32.3 Å². The molecular weight excluding hydrogens is 260 g/mol. The third-order valence-electron chi connectivity index (χ3n) is 2.39. The first-order valence-corrected chi connectivity index (χ1v) is 6.86. The zero-order chi connectivity index (χ0) is 14.3.